The maximum Gasteiger partial charge on any atom is 0.0125 e. The van der Waals surface area contributed by atoms with Crippen molar-refractivity contribution in [1.29, 1.82) is 0 Å². The van der Waals surface area contributed by atoms with Crippen LogP contribution in [0.2, 0.25) is 0 Å². The minimum atomic E-state index is 0.919. The quantitative estimate of drug-likeness (QED) is 0.741. The second-order valence-electron chi connectivity index (χ2n) is 5.89. The smallest absolute Gasteiger partial charge is 0.0125 e. The monoisotopic (exact) mass is 238 g/mol. The van der Waals surface area contributed by atoms with Crippen LogP contribution in [0, 0.1) is 5.92 Å². The maximum absolute atomic E-state index is 3.48. The van der Waals surface area contributed by atoms with Gasteiger partial charge in [-0.25, -0.2) is 0 Å². The van der Waals surface area contributed by atoms with Crippen LogP contribution in [0.15, 0.2) is 0 Å². The van der Waals surface area contributed by atoms with Crippen LogP contribution in [0.1, 0.15) is 58.3 Å². The Balaban J connectivity index is 1.82. The molecule has 2 nitrogen and oxygen atoms in total. The lowest BCUT2D eigenvalue weighted by Gasteiger charge is -2.42. The fraction of sp³-hybridized carbons (Fsp3) is 1.00. The highest BCUT2D eigenvalue weighted by atomic mass is 15.2. The highest BCUT2D eigenvalue weighted by Crippen LogP contribution is 2.32. The lowest BCUT2D eigenvalue weighted by Crippen LogP contribution is -2.51. The number of rotatable bonds is 5. The van der Waals surface area contributed by atoms with E-state index in [1.54, 1.807) is 0 Å². The van der Waals surface area contributed by atoms with Gasteiger partial charge in [-0.3, -0.25) is 4.90 Å². The number of hydrogen-bond donors (Lipinski definition) is 1. The van der Waals surface area contributed by atoms with E-state index in [1.807, 2.05) is 0 Å². The topological polar surface area (TPSA) is 15.3 Å². The maximum atomic E-state index is 3.48. The van der Waals surface area contributed by atoms with Crippen molar-refractivity contribution in [3.05, 3.63) is 0 Å². The first-order valence-corrected chi connectivity index (χ1v) is 7.86. The molecule has 2 aliphatic rings. The Labute approximate surface area is 107 Å². The number of piperazine rings is 1. The normalized spacial score (nSPS) is 31.6. The molecule has 2 heteroatoms. The summed E-state index contributed by atoms with van der Waals surface area (Å²) in [5.41, 5.74) is 0. The van der Waals surface area contributed by atoms with E-state index in [2.05, 4.69) is 17.1 Å². The van der Waals surface area contributed by atoms with E-state index in [0.717, 1.165) is 12.0 Å². The molecule has 0 amide bonds. The zero-order chi connectivity index (χ0) is 11.9. The van der Waals surface area contributed by atoms with Crippen molar-refractivity contribution in [2.24, 2.45) is 5.92 Å². The van der Waals surface area contributed by atoms with Gasteiger partial charge in [-0.15, -0.1) is 0 Å². The first-order chi connectivity index (χ1) is 8.42. The first-order valence-electron chi connectivity index (χ1n) is 7.86. The SMILES string of the molecule is CCCCCC1CCCCC1N1CCNCC1. The largest absolute Gasteiger partial charge is 0.314 e. The van der Waals surface area contributed by atoms with Gasteiger partial charge in [0, 0.05) is 32.2 Å². The van der Waals surface area contributed by atoms with Gasteiger partial charge in [-0.05, 0) is 25.2 Å². The van der Waals surface area contributed by atoms with Crippen molar-refractivity contribution >= 4 is 0 Å². The fourth-order valence-corrected chi connectivity index (χ4v) is 3.68. The molecular weight excluding hydrogens is 208 g/mol. The number of nitrogens with zero attached hydrogens (tertiary/aromatic N) is 1. The van der Waals surface area contributed by atoms with E-state index < -0.39 is 0 Å². The molecule has 0 radical (unpaired) electrons. The molecule has 2 fully saturated rings. The molecule has 2 rings (SSSR count). The summed E-state index contributed by atoms with van der Waals surface area (Å²) in [6, 6.07) is 0.919. The van der Waals surface area contributed by atoms with Crippen molar-refractivity contribution in [3.8, 4) is 0 Å². The lowest BCUT2D eigenvalue weighted by molar-refractivity contribution is 0.0854. The Morgan fingerprint density at radius 2 is 1.82 bits per heavy atom. The summed E-state index contributed by atoms with van der Waals surface area (Å²) in [5.74, 6) is 1.01. The summed E-state index contributed by atoms with van der Waals surface area (Å²) in [6.45, 7) is 7.30. The Kier molecular flexibility index (Phi) is 5.79. The third-order valence-electron chi connectivity index (χ3n) is 4.67. The number of hydrogen-bond acceptors (Lipinski definition) is 2. The van der Waals surface area contributed by atoms with Crippen molar-refractivity contribution in [2.75, 3.05) is 26.2 Å². The summed E-state index contributed by atoms with van der Waals surface area (Å²) in [6.07, 6.45) is 11.7. The van der Waals surface area contributed by atoms with Gasteiger partial charge in [0.1, 0.15) is 0 Å². The van der Waals surface area contributed by atoms with Crippen LogP contribution in [0.25, 0.3) is 0 Å². The summed E-state index contributed by atoms with van der Waals surface area (Å²) in [7, 11) is 0. The third-order valence-corrected chi connectivity index (χ3v) is 4.67. The van der Waals surface area contributed by atoms with Crippen LogP contribution < -0.4 is 5.32 Å². The predicted molar refractivity (Wildman–Crippen MR) is 74.3 cm³/mol. The van der Waals surface area contributed by atoms with Crippen LogP contribution in [-0.4, -0.2) is 37.1 Å². The van der Waals surface area contributed by atoms with Gasteiger partial charge in [-0.1, -0.05) is 39.0 Å². The standard InChI is InChI=1S/C15H30N2/c1-2-3-4-7-14-8-5-6-9-15(14)17-12-10-16-11-13-17/h14-16H,2-13H2,1H3. The van der Waals surface area contributed by atoms with Crippen molar-refractivity contribution in [2.45, 2.75) is 64.3 Å². The molecule has 0 aromatic heterocycles. The van der Waals surface area contributed by atoms with E-state index in [9.17, 15) is 0 Å². The zero-order valence-corrected chi connectivity index (χ0v) is 11.6. The Hall–Kier alpha value is -0.0800. The van der Waals surface area contributed by atoms with Crippen molar-refractivity contribution < 1.29 is 0 Å². The van der Waals surface area contributed by atoms with Gasteiger partial charge in [-0.2, -0.15) is 0 Å². The first kappa shape index (κ1) is 13.4. The minimum absolute atomic E-state index is 0.919. The second-order valence-corrected chi connectivity index (χ2v) is 5.89. The molecule has 1 aliphatic heterocycles. The van der Waals surface area contributed by atoms with Crippen molar-refractivity contribution in [3.63, 3.8) is 0 Å². The average Bonchev–Trinajstić information content (AvgIpc) is 2.41. The Morgan fingerprint density at radius 1 is 1.06 bits per heavy atom. The van der Waals surface area contributed by atoms with Crippen molar-refractivity contribution in [1.82, 2.24) is 10.2 Å². The van der Waals surface area contributed by atoms with Gasteiger partial charge >= 0.3 is 0 Å². The summed E-state index contributed by atoms with van der Waals surface area (Å²) in [4.78, 5) is 2.78. The molecule has 0 aromatic rings. The van der Waals surface area contributed by atoms with Crippen LogP contribution in [0.3, 0.4) is 0 Å². The average molecular weight is 238 g/mol. The van der Waals surface area contributed by atoms with E-state index in [-0.39, 0.29) is 0 Å². The molecular formula is C15H30N2. The van der Waals surface area contributed by atoms with Gasteiger partial charge in [0.2, 0.25) is 0 Å². The summed E-state index contributed by atoms with van der Waals surface area (Å²) in [5, 5.41) is 3.48. The highest BCUT2D eigenvalue weighted by molar-refractivity contribution is 4.85. The molecule has 1 aliphatic carbocycles. The number of unbranched alkanes of at least 4 members (excludes halogenated alkanes) is 2. The van der Waals surface area contributed by atoms with E-state index >= 15 is 0 Å². The molecule has 0 spiro atoms. The highest BCUT2D eigenvalue weighted by Gasteiger charge is 2.30. The molecule has 17 heavy (non-hydrogen) atoms. The molecule has 0 bridgehead atoms. The predicted octanol–water partition coefficient (Wildman–Crippen LogP) is 3.03. The third kappa shape index (κ3) is 3.96. The van der Waals surface area contributed by atoms with E-state index in [4.69, 9.17) is 0 Å². The van der Waals surface area contributed by atoms with Crippen LogP contribution in [0.5, 0.6) is 0 Å². The Bertz CT molecular complexity index is 199. The fourth-order valence-electron chi connectivity index (χ4n) is 3.68. The van der Waals surface area contributed by atoms with Crippen LogP contribution >= 0.6 is 0 Å². The molecule has 2 unspecified atom stereocenters. The number of nitrogens with one attached hydrogen (secondary N) is 1. The molecule has 1 heterocycles. The molecule has 2 atom stereocenters. The van der Waals surface area contributed by atoms with Gasteiger partial charge in [0.05, 0.1) is 0 Å². The van der Waals surface area contributed by atoms with Crippen LogP contribution in [0.4, 0.5) is 0 Å². The van der Waals surface area contributed by atoms with E-state index in [0.29, 0.717) is 0 Å². The summed E-state index contributed by atoms with van der Waals surface area (Å²) < 4.78 is 0. The van der Waals surface area contributed by atoms with E-state index in [1.165, 1.54) is 77.5 Å². The molecule has 100 valence electrons. The summed E-state index contributed by atoms with van der Waals surface area (Å²) >= 11 is 0. The molecule has 1 saturated carbocycles. The zero-order valence-electron chi connectivity index (χ0n) is 11.6. The minimum Gasteiger partial charge on any atom is -0.314 e. The van der Waals surface area contributed by atoms with Gasteiger partial charge in [0.15, 0.2) is 0 Å². The second kappa shape index (κ2) is 7.38. The van der Waals surface area contributed by atoms with Crippen LogP contribution in [-0.2, 0) is 0 Å². The lowest BCUT2D eigenvalue weighted by atomic mass is 9.80. The molecule has 1 saturated heterocycles. The van der Waals surface area contributed by atoms with Gasteiger partial charge < -0.3 is 5.32 Å². The Morgan fingerprint density at radius 3 is 2.59 bits per heavy atom. The molecule has 0 aromatic carbocycles. The molecule has 1 N–H and O–H groups in total. The van der Waals surface area contributed by atoms with Gasteiger partial charge in [0.25, 0.3) is 0 Å².